The molecule has 0 fully saturated rings. The van der Waals surface area contributed by atoms with E-state index >= 15 is 0 Å². The number of imidazole rings is 1. The van der Waals surface area contributed by atoms with E-state index in [4.69, 9.17) is 0 Å². The Morgan fingerprint density at radius 2 is 2.14 bits per heavy atom. The predicted octanol–water partition coefficient (Wildman–Crippen LogP) is 3.33. The summed E-state index contributed by atoms with van der Waals surface area (Å²) >= 11 is 0. The topological polar surface area (TPSA) is 54.6 Å². The van der Waals surface area contributed by atoms with Crippen molar-refractivity contribution in [3.8, 4) is 11.3 Å². The van der Waals surface area contributed by atoms with Crippen molar-refractivity contribution in [3.63, 3.8) is 0 Å². The Labute approximate surface area is 120 Å². The molecule has 0 saturated heterocycles. The molecule has 0 aliphatic heterocycles. The van der Waals surface area contributed by atoms with Crippen molar-refractivity contribution in [3.05, 3.63) is 60.2 Å². The van der Waals surface area contributed by atoms with Crippen LogP contribution in [0, 0.1) is 5.82 Å². The predicted molar refractivity (Wildman–Crippen MR) is 76.6 cm³/mol. The summed E-state index contributed by atoms with van der Waals surface area (Å²) in [5, 5.41) is 9.19. The highest BCUT2D eigenvalue weighted by Crippen LogP contribution is 2.30. The minimum atomic E-state index is -0.995. The number of fused-ring (bicyclic) bond motifs is 1. The Bertz CT molecular complexity index is 793. The minimum Gasteiger partial charge on any atom is -0.481 e. The fourth-order valence-electron chi connectivity index (χ4n) is 2.32. The molecule has 2 aromatic heterocycles. The molecule has 0 amide bonds. The van der Waals surface area contributed by atoms with Crippen LogP contribution in [-0.4, -0.2) is 20.5 Å². The summed E-state index contributed by atoms with van der Waals surface area (Å²) in [4.78, 5) is 15.7. The van der Waals surface area contributed by atoms with Crippen LogP contribution in [0.15, 0.2) is 48.8 Å². The minimum absolute atomic E-state index is 0.422. The standard InChI is InChI=1S/C16H13FN2O2/c1-10(16(20)21)13-8-11(17)5-6-12(13)14-9-19-7-3-2-4-15(19)18-14/h2-10H,1H3,(H,20,21). The quantitative estimate of drug-likeness (QED) is 0.802. The third-order valence-electron chi connectivity index (χ3n) is 3.49. The number of carboxylic acid groups (broad SMARTS) is 1. The zero-order chi connectivity index (χ0) is 15.0. The first-order chi connectivity index (χ1) is 10.1. The lowest BCUT2D eigenvalue weighted by Gasteiger charge is -2.11. The summed E-state index contributed by atoms with van der Waals surface area (Å²) in [6.45, 7) is 1.54. The van der Waals surface area contributed by atoms with Crippen molar-refractivity contribution in [1.82, 2.24) is 9.38 Å². The molecule has 0 saturated carbocycles. The van der Waals surface area contributed by atoms with Crippen molar-refractivity contribution < 1.29 is 14.3 Å². The van der Waals surface area contributed by atoms with Crippen LogP contribution in [0.2, 0.25) is 0 Å². The average molecular weight is 284 g/mol. The van der Waals surface area contributed by atoms with Crippen LogP contribution < -0.4 is 0 Å². The van der Waals surface area contributed by atoms with E-state index < -0.39 is 17.7 Å². The third-order valence-corrected chi connectivity index (χ3v) is 3.49. The van der Waals surface area contributed by atoms with Crippen LogP contribution in [0.1, 0.15) is 18.4 Å². The molecule has 1 unspecified atom stereocenters. The zero-order valence-electron chi connectivity index (χ0n) is 11.3. The molecule has 0 spiro atoms. The van der Waals surface area contributed by atoms with Gasteiger partial charge in [-0.05, 0) is 42.8 Å². The van der Waals surface area contributed by atoms with Crippen molar-refractivity contribution in [2.75, 3.05) is 0 Å². The molecule has 4 nitrogen and oxygen atoms in total. The molecule has 1 N–H and O–H groups in total. The second-order valence-electron chi connectivity index (χ2n) is 4.88. The van der Waals surface area contributed by atoms with E-state index in [0.717, 1.165) is 5.65 Å². The number of hydrogen-bond donors (Lipinski definition) is 1. The molecule has 0 aliphatic rings. The molecule has 1 atom stereocenters. The Morgan fingerprint density at radius 1 is 1.33 bits per heavy atom. The molecular formula is C16H13FN2O2. The maximum absolute atomic E-state index is 13.5. The number of benzene rings is 1. The van der Waals surface area contributed by atoms with Crippen molar-refractivity contribution in [1.29, 1.82) is 0 Å². The number of halogens is 1. The average Bonchev–Trinajstić information content (AvgIpc) is 2.89. The number of rotatable bonds is 3. The fourth-order valence-corrected chi connectivity index (χ4v) is 2.32. The lowest BCUT2D eigenvalue weighted by atomic mass is 9.94. The lowest BCUT2D eigenvalue weighted by Crippen LogP contribution is -2.09. The van der Waals surface area contributed by atoms with Crippen LogP contribution >= 0.6 is 0 Å². The number of pyridine rings is 1. The van der Waals surface area contributed by atoms with Crippen LogP contribution in [0.25, 0.3) is 16.9 Å². The summed E-state index contributed by atoms with van der Waals surface area (Å²) < 4.78 is 15.3. The highest BCUT2D eigenvalue weighted by atomic mass is 19.1. The molecule has 21 heavy (non-hydrogen) atoms. The van der Waals surface area contributed by atoms with Crippen molar-refractivity contribution in [2.24, 2.45) is 0 Å². The van der Waals surface area contributed by atoms with E-state index in [1.807, 2.05) is 28.8 Å². The van der Waals surface area contributed by atoms with Crippen LogP contribution in [0.5, 0.6) is 0 Å². The summed E-state index contributed by atoms with van der Waals surface area (Å²) in [5.41, 5.74) is 2.44. The smallest absolute Gasteiger partial charge is 0.310 e. The van der Waals surface area contributed by atoms with Crippen molar-refractivity contribution >= 4 is 11.6 Å². The second kappa shape index (κ2) is 5.01. The molecule has 5 heteroatoms. The number of carboxylic acids is 1. The van der Waals surface area contributed by atoms with Gasteiger partial charge in [0.05, 0.1) is 11.6 Å². The fraction of sp³-hybridized carbons (Fsp3) is 0.125. The number of hydrogen-bond acceptors (Lipinski definition) is 2. The number of carbonyl (C=O) groups is 1. The van der Waals surface area contributed by atoms with Crippen LogP contribution in [0.3, 0.4) is 0 Å². The SMILES string of the molecule is CC(C(=O)O)c1cc(F)ccc1-c1cn2ccccc2n1. The van der Waals surface area contributed by atoms with Gasteiger partial charge in [-0.2, -0.15) is 0 Å². The summed E-state index contributed by atoms with van der Waals surface area (Å²) in [6, 6.07) is 9.76. The number of aliphatic carboxylic acids is 1. The summed E-state index contributed by atoms with van der Waals surface area (Å²) in [7, 11) is 0. The highest BCUT2D eigenvalue weighted by molar-refractivity contribution is 5.80. The van der Waals surface area contributed by atoms with E-state index in [0.29, 0.717) is 16.8 Å². The monoisotopic (exact) mass is 284 g/mol. The Hall–Kier alpha value is -2.69. The van der Waals surface area contributed by atoms with Gasteiger partial charge in [-0.3, -0.25) is 4.79 Å². The molecule has 0 aliphatic carbocycles. The Kier molecular flexibility index (Phi) is 3.17. The van der Waals surface area contributed by atoms with E-state index in [1.54, 1.807) is 12.3 Å². The molecular weight excluding hydrogens is 271 g/mol. The van der Waals surface area contributed by atoms with Crippen molar-refractivity contribution in [2.45, 2.75) is 12.8 Å². The zero-order valence-corrected chi connectivity index (χ0v) is 11.3. The third kappa shape index (κ3) is 2.38. The number of aromatic nitrogens is 2. The van der Waals surface area contributed by atoms with Crippen LogP contribution in [0.4, 0.5) is 4.39 Å². The van der Waals surface area contributed by atoms with Crippen LogP contribution in [-0.2, 0) is 4.79 Å². The first kappa shape index (κ1) is 13.3. The normalized spacial score (nSPS) is 12.5. The van der Waals surface area contributed by atoms with Gasteiger partial charge in [-0.25, -0.2) is 9.37 Å². The van der Waals surface area contributed by atoms with Gasteiger partial charge < -0.3 is 9.51 Å². The first-order valence-electron chi connectivity index (χ1n) is 6.52. The van der Waals surface area contributed by atoms with E-state index in [1.165, 1.54) is 19.1 Å². The summed E-state index contributed by atoms with van der Waals surface area (Å²) in [6.07, 6.45) is 3.66. The summed E-state index contributed by atoms with van der Waals surface area (Å²) in [5.74, 6) is -2.25. The molecule has 1 aromatic carbocycles. The largest absolute Gasteiger partial charge is 0.481 e. The van der Waals surface area contributed by atoms with Gasteiger partial charge in [0.2, 0.25) is 0 Å². The Morgan fingerprint density at radius 3 is 2.86 bits per heavy atom. The lowest BCUT2D eigenvalue weighted by molar-refractivity contribution is -0.138. The molecule has 2 heterocycles. The van der Waals surface area contributed by atoms with Gasteiger partial charge in [0.1, 0.15) is 11.5 Å². The van der Waals surface area contributed by atoms with Gasteiger partial charge in [-0.1, -0.05) is 6.07 Å². The second-order valence-corrected chi connectivity index (χ2v) is 4.88. The first-order valence-corrected chi connectivity index (χ1v) is 6.52. The molecule has 3 aromatic rings. The molecule has 106 valence electrons. The van der Waals surface area contributed by atoms with E-state index in [-0.39, 0.29) is 0 Å². The van der Waals surface area contributed by atoms with Gasteiger partial charge >= 0.3 is 5.97 Å². The maximum atomic E-state index is 13.5. The van der Waals surface area contributed by atoms with Gasteiger partial charge in [0.25, 0.3) is 0 Å². The molecule has 0 bridgehead atoms. The molecule has 0 radical (unpaired) electrons. The van der Waals surface area contributed by atoms with E-state index in [2.05, 4.69) is 4.98 Å². The highest BCUT2D eigenvalue weighted by Gasteiger charge is 2.20. The van der Waals surface area contributed by atoms with Gasteiger partial charge in [0, 0.05) is 18.0 Å². The van der Waals surface area contributed by atoms with Gasteiger partial charge in [0.15, 0.2) is 0 Å². The molecule has 3 rings (SSSR count). The Balaban J connectivity index is 2.19. The van der Waals surface area contributed by atoms with E-state index in [9.17, 15) is 14.3 Å². The number of nitrogens with zero attached hydrogens (tertiary/aromatic N) is 2. The van der Waals surface area contributed by atoms with Gasteiger partial charge in [-0.15, -0.1) is 0 Å². The maximum Gasteiger partial charge on any atom is 0.310 e.